The molecule has 0 atom stereocenters. The average molecular weight is 362 g/mol. The molecule has 0 heterocycles. The standard InChI is InChI=1S/C21H22N4O2/c1-13-20(26)18(24-16-6-2-14(11-22)3-7-16)10-19(21(13)27)25-17-8-4-15(12-23)5-9-17/h2-10,24,27H,11-12,22-23H2,1H3/b25-19-. The predicted molar refractivity (Wildman–Crippen MR) is 108 cm³/mol. The van der Waals surface area contributed by atoms with Gasteiger partial charge < -0.3 is 21.9 Å². The summed E-state index contributed by atoms with van der Waals surface area (Å²) in [5.41, 5.74) is 15.6. The summed E-state index contributed by atoms with van der Waals surface area (Å²) in [5, 5.41) is 13.4. The summed E-state index contributed by atoms with van der Waals surface area (Å²) in [6.07, 6.45) is 1.55. The second-order valence-electron chi connectivity index (χ2n) is 6.25. The van der Waals surface area contributed by atoms with Crippen molar-refractivity contribution in [2.75, 3.05) is 5.32 Å². The van der Waals surface area contributed by atoms with Gasteiger partial charge in [0, 0.05) is 24.4 Å². The number of aliphatic hydroxyl groups is 1. The summed E-state index contributed by atoms with van der Waals surface area (Å²) in [5.74, 6) is -0.389. The van der Waals surface area contributed by atoms with Gasteiger partial charge in [0.15, 0.2) is 0 Å². The molecule has 6 nitrogen and oxygen atoms in total. The number of rotatable bonds is 5. The first kappa shape index (κ1) is 18.6. The van der Waals surface area contributed by atoms with Crippen LogP contribution in [-0.4, -0.2) is 16.6 Å². The Labute approximate surface area is 157 Å². The number of nitrogens with zero attached hydrogens (tertiary/aromatic N) is 1. The van der Waals surface area contributed by atoms with E-state index in [-0.39, 0.29) is 17.1 Å². The number of aliphatic hydroxyl groups excluding tert-OH is 1. The molecule has 0 unspecified atom stereocenters. The van der Waals surface area contributed by atoms with E-state index in [1.165, 1.54) is 0 Å². The van der Waals surface area contributed by atoms with Gasteiger partial charge in [-0.2, -0.15) is 0 Å². The number of ketones is 1. The van der Waals surface area contributed by atoms with Gasteiger partial charge in [-0.15, -0.1) is 0 Å². The number of anilines is 1. The third kappa shape index (κ3) is 4.13. The molecule has 1 aliphatic carbocycles. The lowest BCUT2D eigenvalue weighted by atomic mass is 9.99. The molecule has 0 spiro atoms. The summed E-state index contributed by atoms with van der Waals surface area (Å²) < 4.78 is 0. The van der Waals surface area contributed by atoms with Crippen LogP contribution < -0.4 is 16.8 Å². The zero-order valence-electron chi connectivity index (χ0n) is 15.1. The first-order chi connectivity index (χ1) is 13.0. The van der Waals surface area contributed by atoms with Gasteiger partial charge in [0.25, 0.3) is 0 Å². The molecular formula is C21H22N4O2. The first-order valence-corrected chi connectivity index (χ1v) is 8.62. The van der Waals surface area contributed by atoms with Crippen LogP contribution in [0.15, 0.2) is 76.6 Å². The number of aliphatic imine (C=N–C) groups is 1. The van der Waals surface area contributed by atoms with Gasteiger partial charge in [-0.1, -0.05) is 24.3 Å². The van der Waals surface area contributed by atoms with Crippen molar-refractivity contribution in [1.82, 2.24) is 0 Å². The lowest BCUT2D eigenvalue weighted by Crippen LogP contribution is -2.22. The summed E-state index contributed by atoms with van der Waals surface area (Å²) >= 11 is 0. The zero-order chi connectivity index (χ0) is 19.4. The molecule has 6 N–H and O–H groups in total. The number of hydrogen-bond acceptors (Lipinski definition) is 6. The molecule has 2 aromatic rings. The van der Waals surface area contributed by atoms with Gasteiger partial charge in [0.1, 0.15) is 11.5 Å². The molecule has 0 saturated carbocycles. The average Bonchev–Trinajstić information content (AvgIpc) is 2.71. The molecule has 1 aliphatic rings. The number of hydrogen-bond donors (Lipinski definition) is 4. The van der Waals surface area contributed by atoms with E-state index < -0.39 is 0 Å². The second-order valence-corrected chi connectivity index (χ2v) is 6.25. The quantitative estimate of drug-likeness (QED) is 0.610. The van der Waals surface area contributed by atoms with Crippen molar-refractivity contribution >= 4 is 22.9 Å². The molecule has 6 heteroatoms. The van der Waals surface area contributed by atoms with Crippen molar-refractivity contribution in [3.05, 3.63) is 82.8 Å². The molecule has 0 fully saturated rings. The Morgan fingerprint density at radius 3 is 2.07 bits per heavy atom. The fourth-order valence-corrected chi connectivity index (χ4v) is 2.68. The number of nitrogens with two attached hydrogens (primary N) is 2. The maximum Gasteiger partial charge on any atom is 0.208 e. The second kappa shape index (κ2) is 7.99. The highest BCUT2D eigenvalue weighted by atomic mass is 16.3. The highest BCUT2D eigenvalue weighted by Gasteiger charge is 2.24. The molecule has 0 amide bonds. The molecule has 0 aromatic heterocycles. The first-order valence-electron chi connectivity index (χ1n) is 8.62. The van der Waals surface area contributed by atoms with Crippen molar-refractivity contribution in [3.8, 4) is 0 Å². The minimum atomic E-state index is -0.271. The topological polar surface area (TPSA) is 114 Å². The van der Waals surface area contributed by atoms with Crippen molar-refractivity contribution in [1.29, 1.82) is 0 Å². The van der Waals surface area contributed by atoms with Crippen molar-refractivity contribution < 1.29 is 9.90 Å². The smallest absolute Gasteiger partial charge is 0.208 e. The van der Waals surface area contributed by atoms with Crippen LogP contribution in [-0.2, 0) is 17.9 Å². The maximum atomic E-state index is 12.5. The molecule has 27 heavy (non-hydrogen) atoms. The lowest BCUT2D eigenvalue weighted by Gasteiger charge is -2.17. The Hall–Kier alpha value is -3.22. The summed E-state index contributed by atoms with van der Waals surface area (Å²) in [4.78, 5) is 17.0. The molecule has 0 radical (unpaired) electrons. The van der Waals surface area contributed by atoms with E-state index in [0.717, 1.165) is 16.8 Å². The van der Waals surface area contributed by atoms with Crippen LogP contribution in [0.25, 0.3) is 0 Å². The van der Waals surface area contributed by atoms with E-state index in [9.17, 15) is 9.90 Å². The van der Waals surface area contributed by atoms with E-state index >= 15 is 0 Å². The van der Waals surface area contributed by atoms with Crippen LogP contribution in [0.5, 0.6) is 0 Å². The van der Waals surface area contributed by atoms with Gasteiger partial charge in [-0.05, 0) is 48.4 Å². The van der Waals surface area contributed by atoms with E-state index in [2.05, 4.69) is 10.3 Å². The predicted octanol–water partition coefficient (Wildman–Crippen LogP) is 3.09. The molecule has 0 bridgehead atoms. The molecule has 0 aliphatic heterocycles. The normalized spacial score (nSPS) is 15.9. The summed E-state index contributed by atoms with van der Waals surface area (Å²) in [6.45, 7) is 2.49. The van der Waals surface area contributed by atoms with Crippen LogP contribution in [0.4, 0.5) is 11.4 Å². The summed E-state index contributed by atoms with van der Waals surface area (Å²) in [6, 6.07) is 14.9. The number of benzene rings is 2. The highest BCUT2D eigenvalue weighted by molar-refractivity contribution is 6.24. The Morgan fingerprint density at radius 2 is 1.52 bits per heavy atom. The molecule has 3 rings (SSSR count). The minimum Gasteiger partial charge on any atom is -0.505 e. The number of carbonyl (C=O) groups excluding carboxylic acids is 1. The van der Waals surface area contributed by atoms with Crippen LogP contribution in [0, 0.1) is 0 Å². The van der Waals surface area contributed by atoms with Crippen LogP contribution >= 0.6 is 0 Å². The Kier molecular flexibility index (Phi) is 5.49. The van der Waals surface area contributed by atoms with Gasteiger partial charge in [0.2, 0.25) is 5.78 Å². The molecule has 138 valence electrons. The van der Waals surface area contributed by atoms with E-state index in [1.54, 1.807) is 13.0 Å². The highest BCUT2D eigenvalue weighted by Crippen LogP contribution is 2.23. The lowest BCUT2D eigenvalue weighted by molar-refractivity contribution is -0.112. The van der Waals surface area contributed by atoms with E-state index in [4.69, 9.17) is 11.5 Å². The Balaban J connectivity index is 1.91. The molecule has 0 saturated heterocycles. The minimum absolute atomic E-state index is 0.119. The van der Waals surface area contributed by atoms with Gasteiger partial charge >= 0.3 is 0 Å². The van der Waals surface area contributed by atoms with Crippen molar-refractivity contribution in [3.63, 3.8) is 0 Å². The SMILES string of the molecule is CC1=C(O)/C(=N\c2ccc(CN)cc2)C=C(Nc2ccc(CN)cc2)C1=O. The molecular weight excluding hydrogens is 340 g/mol. The third-order valence-electron chi connectivity index (χ3n) is 4.35. The van der Waals surface area contributed by atoms with Gasteiger partial charge in [0.05, 0.1) is 11.4 Å². The van der Waals surface area contributed by atoms with Crippen LogP contribution in [0.2, 0.25) is 0 Å². The Bertz CT molecular complexity index is 939. The fourth-order valence-electron chi connectivity index (χ4n) is 2.68. The molecule has 2 aromatic carbocycles. The number of Topliss-reactive ketones (excluding diaryl/α,β-unsaturated/α-hetero) is 1. The van der Waals surface area contributed by atoms with Crippen molar-refractivity contribution in [2.24, 2.45) is 16.5 Å². The Morgan fingerprint density at radius 1 is 0.963 bits per heavy atom. The van der Waals surface area contributed by atoms with E-state index in [0.29, 0.717) is 30.2 Å². The fraction of sp³-hybridized carbons (Fsp3) is 0.143. The van der Waals surface area contributed by atoms with Crippen LogP contribution in [0.1, 0.15) is 18.1 Å². The van der Waals surface area contributed by atoms with Crippen LogP contribution in [0.3, 0.4) is 0 Å². The van der Waals surface area contributed by atoms with Crippen molar-refractivity contribution in [2.45, 2.75) is 20.0 Å². The number of carbonyl (C=O) groups is 1. The zero-order valence-corrected chi connectivity index (χ0v) is 15.1. The monoisotopic (exact) mass is 362 g/mol. The summed E-state index contributed by atoms with van der Waals surface area (Å²) in [7, 11) is 0. The largest absolute Gasteiger partial charge is 0.505 e. The van der Waals surface area contributed by atoms with Gasteiger partial charge in [-0.3, -0.25) is 4.79 Å². The third-order valence-corrected chi connectivity index (χ3v) is 4.35. The van der Waals surface area contributed by atoms with Gasteiger partial charge in [-0.25, -0.2) is 4.99 Å². The number of allylic oxidation sites excluding steroid dienone is 2. The maximum absolute atomic E-state index is 12.5. The number of nitrogens with one attached hydrogen (secondary N) is 1. The van der Waals surface area contributed by atoms with E-state index in [1.807, 2.05) is 48.5 Å².